The number of amides is 1. The first kappa shape index (κ1) is 14.5. The lowest BCUT2D eigenvalue weighted by molar-refractivity contribution is -0.121. The molecule has 3 N–H and O–H groups in total. The molecule has 1 unspecified atom stereocenters. The molecule has 1 aliphatic rings. The standard InChI is InChI=1S/C14H28N2O/c1-11-6-8-13(9-7-11)10-16-14(17)5-3-4-12(2)15/h11-13H,3-10,15H2,1-2H3,(H,16,17). The van der Waals surface area contributed by atoms with Gasteiger partial charge in [-0.3, -0.25) is 4.79 Å². The number of nitrogens with one attached hydrogen (secondary N) is 1. The van der Waals surface area contributed by atoms with Gasteiger partial charge in [0.25, 0.3) is 0 Å². The van der Waals surface area contributed by atoms with E-state index < -0.39 is 0 Å². The highest BCUT2D eigenvalue weighted by atomic mass is 16.1. The number of hydrogen-bond acceptors (Lipinski definition) is 2. The highest BCUT2D eigenvalue weighted by molar-refractivity contribution is 5.75. The van der Waals surface area contributed by atoms with Gasteiger partial charge in [-0.15, -0.1) is 0 Å². The van der Waals surface area contributed by atoms with Crippen LogP contribution in [0, 0.1) is 11.8 Å². The number of nitrogens with two attached hydrogens (primary N) is 1. The van der Waals surface area contributed by atoms with Crippen molar-refractivity contribution in [3.05, 3.63) is 0 Å². The maximum atomic E-state index is 11.6. The lowest BCUT2D eigenvalue weighted by atomic mass is 9.83. The van der Waals surface area contributed by atoms with Crippen LogP contribution < -0.4 is 11.1 Å². The summed E-state index contributed by atoms with van der Waals surface area (Å²) in [5.41, 5.74) is 5.65. The first-order valence-corrected chi connectivity index (χ1v) is 7.10. The zero-order valence-electron chi connectivity index (χ0n) is 11.4. The van der Waals surface area contributed by atoms with Crippen molar-refractivity contribution >= 4 is 5.91 Å². The van der Waals surface area contributed by atoms with Gasteiger partial charge < -0.3 is 11.1 Å². The minimum Gasteiger partial charge on any atom is -0.356 e. The highest BCUT2D eigenvalue weighted by Gasteiger charge is 2.18. The van der Waals surface area contributed by atoms with Gasteiger partial charge in [-0.25, -0.2) is 0 Å². The molecule has 3 heteroatoms. The van der Waals surface area contributed by atoms with Crippen molar-refractivity contribution in [2.75, 3.05) is 6.54 Å². The quantitative estimate of drug-likeness (QED) is 0.749. The smallest absolute Gasteiger partial charge is 0.220 e. The van der Waals surface area contributed by atoms with Gasteiger partial charge in [0.1, 0.15) is 0 Å². The van der Waals surface area contributed by atoms with E-state index in [1.54, 1.807) is 0 Å². The second-order valence-corrected chi connectivity index (χ2v) is 5.80. The third-order valence-electron chi connectivity index (χ3n) is 3.79. The summed E-state index contributed by atoms with van der Waals surface area (Å²) in [6.45, 7) is 5.19. The third kappa shape index (κ3) is 6.67. The normalized spacial score (nSPS) is 26.5. The molecule has 1 saturated carbocycles. The van der Waals surface area contributed by atoms with Gasteiger partial charge in [0, 0.05) is 19.0 Å². The van der Waals surface area contributed by atoms with Crippen molar-refractivity contribution in [3.63, 3.8) is 0 Å². The summed E-state index contributed by atoms with van der Waals surface area (Å²) in [5, 5.41) is 3.06. The molecule has 0 spiro atoms. The lowest BCUT2D eigenvalue weighted by Gasteiger charge is -2.26. The molecule has 0 radical (unpaired) electrons. The van der Waals surface area contributed by atoms with Gasteiger partial charge in [0.15, 0.2) is 0 Å². The van der Waals surface area contributed by atoms with Gasteiger partial charge >= 0.3 is 0 Å². The van der Waals surface area contributed by atoms with Crippen LogP contribution in [0.25, 0.3) is 0 Å². The maximum absolute atomic E-state index is 11.6. The summed E-state index contributed by atoms with van der Waals surface area (Å²) in [6, 6.07) is 0.211. The van der Waals surface area contributed by atoms with Gasteiger partial charge in [-0.05, 0) is 44.4 Å². The molecule has 0 aliphatic heterocycles. The van der Waals surface area contributed by atoms with E-state index in [1.165, 1.54) is 25.7 Å². The Kier molecular flexibility index (Phi) is 6.56. The minimum atomic E-state index is 0.198. The fourth-order valence-corrected chi connectivity index (χ4v) is 2.46. The molecule has 1 aliphatic carbocycles. The van der Waals surface area contributed by atoms with Gasteiger partial charge in [-0.2, -0.15) is 0 Å². The first-order valence-electron chi connectivity index (χ1n) is 7.10. The van der Waals surface area contributed by atoms with E-state index in [9.17, 15) is 4.79 Å². The summed E-state index contributed by atoms with van der Waals surface area (Å²) >= 11 is 0. The highest BCUT2D eigenvalue weighted by Crippen LogP contribution is 2.27. The Labute approximate surface area is 106 Å². The van der Waals surface area contributed by atoms with Crippen molar-refractivity contribution in [1.29, 1.82) is 0 Å². The van der Waals surface area contributed by atoms with Crippen LogP contribution in [0.2, 0.25) is 0 Å². The molecule has 0 aromatic heterocycles. The topological polar surface area (TPSA) is 55.1 Å². The van der Waals surface area contributed by atoms with Crippen molar-refractivity contribution < 1.29 is 4.79 Å². The number of carbonyl (C=O) groups is 1. The predicted molar refractivity (Wildman–Crippen MR) is 71.6 cm³/mol. The van der Waals surface area contributed by atoms with Crippen molar-refractivity contribution in [2.24, 2.45) is 17.6 Å². The van der Waals surface area contributed by atoms with Crippen LogP contribution in [0.15, 0.2) is 0 Å². The Morgan fingerprint density at radius 3 is 2.59 bits per heavy atom. The molecular weight excluding hydrogens is 212 g/mol. The molecule has 0 aromatic rings. The van der Waals surface area contributed by atoms with E-state index in [-0.39, 0.29) is 11.9 Å². The van der Waals surface area contributed by atoms with Crippen LogP contribution in [0.3, 0.4) is 0 Å². The first-order chi connectivity index (χ1) is 8.08. The second kappa shape index (κ2) is 7.70. The average molecular weight is 240 g/mol. The van der Waals surface area contributed by atoms with Crippen LogP contribution in [-0.4, -0.2) is 18.5 Å². The van der Waals surface area contributed by atoms with E-state index in [0.29, 0.717) is 12.3 Å². The van der Waals surface area contributed by atoms with Crippen LogP contribution in [-0.2, 0) is 4.79 Å². The summed E-state index contributed by atoms with van der Waals surface area (Å²) in [6.07, 6.45) is 7.68. The van der Waals surface area contributed by atoms with Crippen LogP contribution in [0.1, 0.15) is 58.8 Å². The van der Waals surface area contributed by atoms with Crippen LogP contribution in [0.5, 0.6) is 0 Å². The van der Waals surface area contributed by atoms with E-state index in [0.717, 1.165) is 25.3 Å². The second-order valence-electron chi connectivity index (χ2n) is 5.80. The van der Waals surface area contributed by atoms with E-state index in [1.807, 2.05) is 6.92 Å². The molecule has 1 rings (SSSR count). The van der Waals surface area contributed by atoms with E-state index in [4.69, 9.17) is 5.73 Å². The largest absolute Gasteiger partial charge is 0.356 e. The van der Waals surface area contributed by atoms with Crippen LogP contribution >= 0.6 is 0 Å². The zero-order valence-corrected chi connectivity index (χ0v) is 11.4. The molecule has 0 saturated heterocycles. The third-order valence-corrected chi connectivity index (χ3v) is 3.79. The average Bonchev–Trinajstić information content (AvgIpc) is 2.28. The summed E-state index contributed by atoms with van der Waals surface area (Å²) in [5.74, 6) is 1.79. The lowest BCUT2D eigenvalue weighted by Crippen LogP contribution is -2.31. The van der Waals surface area contributed by atoms with Gasteiger partial charge in [-0.1, -0.05) is 19.8 Å². The van der Waals surface area contributed by atoms with E-state index in [2.05, 4.69) is 12.2 Å². The molecular formula is C14H28N2O. The molecule has 3 nitrogen and oxygen atoms in total. The summed E-state index contributed by atoms with van der Waals surface area (Å²) in [4.78, 5) is 11.6. The SMILES string of the molecule is CC(N)CCCC(=O)NCC1CCC(C)CC1. The monoisotopic (exact) mass is 240 g/mol. The Hall–Kier alpha value is -0.570. The Morgan fingerprint density at radius 2 is 2.00 bits per heavy atom. The fourth-order valence-electron chi connectivity index (χ4n) is 2.46. The molecule has 1 amide bonds. The van der Waals surface area contributed by atoms with Crippen molar-refractivity contribution in [3.8, 4) is 0 Å². The van der Waals surface area contributed by atoms with Gasteiger partial charge in [0.05, 0.1) is 0 Å². The molecule has 0 bridgehead atoms. The Balaban J connectivity index is 2.03. The molecule has 17 heavy (non-hydrogen) atoms. The summed E-state index contributed by atoms with van der Waals surface area (Å²) in [7, 11) is 0. The number of rotatable bonds is 6. The Bertz CT molecular complexity index is 220. The molecule has 0 heterocycles. The van der Waals surface area contributed by atoms with Crippen LogP contribution in [0.4, 0.5) is 0 Å². The molecule has 1 fully saturated rings. The number of hydrogen-bond donors (Lipinski definition) is 2. The van der Waals surface area contributed by atoms with E-state index >= 15 is 0 Å². The predicted octanol–water partition coefficient (Wildman–Crippen LogP) is 2.45. The number of carbonyl (C=O) groups excluding carboxylic acids is 1. The Morgan fingerprint density at radius 1 is 1.35 bits per heavy atom. The van der Waals surface area contributed by atoms with Gasteiger partial charge in [0.2, 0.25) is 5.91 Å². The maximum Gasteiger partial charge on any atom is 0.220 e. The summed E-state index contributed by atoms with van der Waals surface area (Å²) < 4.78 is 0. The fraction of sp³-hybridized carbons (Fsp3) is 0.929. The molecule has 1 atom stereocenters. The molecule has 100 valence electrons. The zero-order chi connectivity index (χ0) is 12.7. The minimum absolute atomic E-state index is 0.198. The van der Waals surface area contributed by atoms with Crippen molar-refractivity contribution in [1.82, 2.24) is 5.32 Å². The molecule has 0 aromatic carbocycles. The van der Waals surface area contributed by atoms with Crippen molar-refractivity contribution in [2.45, 2.75) is 64.8 Å².